The summed E-state index contributed by atoms with van der Waals surface area (Å²) in [6.45, 7) is 3.88. The molecule has 4 heteroatoms. The number of aromatic nitrogens is 2. The molecule has 0 aromatic carbocycles. The molecule has 0 saturated carbocycles. The first kappa shape index (κ1) is 8.33. The highest BCUT2D eigenvalue weighted by Gasteiger charge is 1.95. The molecule has 0 unspecified atom stereocenters. The van der Waals surface area contributed by atoms with Crippen molar-refractivity contribution in [2.45, 2.75) is 18.9 Å². The summed E-state index contributed by atoms with van der Waals surface area (Å²) in [5, 5.41) is 0.800. The van der Waals surface area contributed by atoms with Crippen LogP contribution in [0, 0.1) is 6.92 Å². The zero-order valence-electron chi connectivity index (χ0n) is 6.55. The Balaban J connectivity index is 2.99. The zero-order valence-corrected chi connectivity index (χ0v) is 7.36. The second-order valence-corrected chi connectivity index (χ2v) is 3.42. The lowest BCUT2D eigenvalue weighted by Crippen LogP contribution is -2.11. The van der Waals surface area contributed by atoms with Gasteiger partial charge in [0.05, 0.1) is 0 Å². The van der Waals surface area contributed by atoms with Gasteiger partial charge in [-0.1, -0.05) is 6.92 Å². The van der Waals surface area contributed by atoms with Crippen molar-refractivity contribution in [2.24, 2.45) is 0 Å². The maximum absolute atomic E-state index is 10.8. The highest BCUT2D eigenvalue weighted by molar-refractivity contribution is 7.99. The molecule has 60 valence electrons. The van der Waals surface area contributed by atoms with E-state index in [9.17, 15) is 4.79 Å². The standard InChI is InChI=1S/C7H10N2OS/c1-3-11-6-4-5(2)8-7(10)9-6/h4H,3H2,1-2H3,(H,8,9,10). The molecule has 1 N–H and O–H groups in total. The minimum atomic E-state index is -0.263. The third kappa shape index (κ3) is 2.38. The summed E-state index contributed by atoms with van der Waals surface area (Å²) < 4.78 is 0. The molecule has 0 aliphatic carbocycles. The first-order valence-corrected chi connectivity index (χ1v) is 4.41. The van der Waals surface area contributed by atoms with Crippen molar-refractivity contribution in [1.82, 2.24) is 9.97 Å². The zero-order chi connectivity index (χ0) is 8.27. The monoisotopic (exact) mass is 170 g/mol. The molecule has 0 saturated heterocycles. The van der Waals surface area contributed by atoms with Gasteiger partial charge in [-0.2, -0.15) is 4.98 Å². The maximum Gasteiger partial charge on any atom is 0.346 e. The molecule has 0 radical (unpaired) electrons. The average Bonchev–Trinajstić information content (AvgIpc) is 1.85. The van der Waals surface area contributed by atoms with Crippen LogP contribution in [0.5, 0.6) is 0 Å². The van der Waals surface area contributed by atoms with Gasteiger partial charge in [-0.3, -0.25) is 0 Å². The molecule has 1 rings (SSSR count). The minimum Gasteiger partial charge on any atom is -0.310 e. The highest BCUT2D eigenvalue weighted by Crippen LogP contribution is 2.12. The second kappa shape index (κ2) is 3.57. The lowest BCUT2D eigenvalue weighted by molar-refractivity contribution is 0.945. The van der Waals surface area contributed by atoms with Gasteiger partial charge in [-0.25, -0.2) is 4.79 Å². The Morgan fingerprint density at radius 3 is 3.00 bits per heavy atom. The van der Waals surface area contributed by atoms with E-state index in [1.807, 2.05) is 19.9 Å². The van der Waals surface area contributed by atoms with Crippen molar-refractivity contribution in [2.75, 3.05) is 5.75 Å². The molecule has 1 heterocycles. The van der Waals surface area contributed by atoms with Crippen molar-refractivity contribution in [1.29, 1.82) is 0 Å². The highest BCUT2D eigenvalue weighted by atomic mass is 32.2. The number of aromatic amines is 1. The fourth-order valence-electron chi connectivity index (χ4n) is 0.772. The third-order valence-electron chi connectivity index (χ3n) is 1.15. The molecule has 11 heavy (non-hydrogen) atoms. The number of rotatable bonds is 2. The Labute approximate surface area is 69.3 Å². The normalized spacial score (nSPS) is 10.0. The van der Waals surface area contributed by atoms with Crippen LogP contribution in [0.3, 0.4) is 0 Å². The van der Waals surface area contributed by atoms with Gasteiger partial charge in [0.2, 0.25) is 0 Å². The number of thioether (sulfide) groups is 1. The van der Waals surface area contributed by atoms with E-state index in [1.165, 1.54) is 0 Å². The number of hydrogen-bond donors (Lipinski definition) is 1. The fourth-order valence-corrected chi connectivity index (χ4v) is 1.48. The van der Waals surface area contributed by atoms with Gasteiger partial charge >= 0.3 is 5.69 Å². The van der Waals surface area contributed by atoms with Crippen LogP contribution in [0.2, 0.25) is 0 Å². The van der Waals surface area contributed by atoms with Crippen molar-refractivity contribution in [3.8, 4) is 0 Å². The van der Waals surface area contributed by atoms with Crippen LogP contribution in [0.4, 0.5) is 0 Å². The first-order valence-electron chi connectivity index (χ1n) is 3.43. The summed E-state index contributed by atoms with van der Waals surface area (Å²) in [5.41, 5.74) is 0.599. The van der Waals surface area contributed by atoms with Crippen molar-refractivity contribution < 1.29 is 0 Å². The molecular formula is C7H10N2OS. The van der Waals surface area contributed by atoms with E-state index in [1.54, 1.807) is 11.8 Å². The molecule has 0 bridgehead atoms. The van der Waals surface area contributed by atoms with Crippen LogP contribution in [0.25, 0.3) is 0 Å². The Morgan fingerprint density at radius 2 is 2.45 bits per heavy atom. The van der Waals surface area contributed by atoms with E-state index in [-0.39, 0.29) is 5.69 Å². The van der Waals surface area contributed by atoms with Crippen LogP contribution >= 0.6 is 11.8 Å². The fraction of sp³-hybridized carbons (Fsp3) is 0.429. The molecule has 0 aliphatic rings. The molecular weight excluding hydrogens is 160 g/mol. The van der Waals surface area contributed by atoms with Crippen LogP contribution in [-0.4, -0.2) is 15.7 Å². The predicted molar refractivity (Wildman–Crippen MR) is 46.0 cm³/mol. The van der Waals surface area contributed by atoms with Gasteiger partial charge in [-0.15, -0.1) is 11.8 Å². The molecule has 0 spiro atoms. The van der Waals surface area contributed by atoms with Gasteiger partial charge in [0.15, 0.2) is 0 Å². The Bertz CT molecular complexity index is 295. The van der Waals surface area contributed by atoms with Crippen molar-refractivity contribution >= 4 is 11.8 Å². The van der Waals surface area contributed by atoms with Crippen molar-refractivity contribution in [3.05, 3.63) is 22.2 Å². The average molecular weight is 170 g/mol. The number of nitrogens with one attached hydrogen (secondary N) is 1. The van der Waals surface area contributed by atoms with E-state index in [0.29, 0.717) is 0 Å². The smallest absolute Gasteiger partial charge is 0.310 e. The summed E-state index contributed by atoms with van der Waals surface area (Å²) in [7, 11) is 0. The lowest BCUT2D eigenvalue weighted by atomic mass is 10.5. The van der Waals surface area contributed by atoms with E-state index < -0.39 is 0 Å². The van der Waals surface area contributed by atoms with E-state index in [0.717, 1.165) is 16.5 Å². The topological polar surface area (TPSA) is 45.8 Å². The predicted octanol–water partition coefficient (Wildman–Crippen LogP) is 1.19. The Morgan fingerprint density at radius 1 is 1.73 bits per heavy atom. The molecule has 0 fully saturated rings. The number of aryl methyl sites for hydroxylation is 1. The van der Waals surface area contributed by atoms with Gasteiger partial charge in [0.1, 0.15) is 5.03 Å². The molecule has 0 amide bonds. The molecule has 0 atom stereocenters. The summed E-state index contributed by atoms with van der Waals surface area (Å²) in [5.74, 6) is 0.940. The van der Waals surface area contributed by atoms with Crippen molar-refractivity contribution in [3.63, 3.8) is 0 Å². The Kier molecular flexibility index (Phi) is 2.70. The summed E-state index contributed by atoms with van der Waals surface area (Å²) >= 11 is 1.57. The third-order valence-corrected chi connectivity index (χ3v) is 1.94. The number of hydrogen-bond acceptors (Lipinski definition) is 3. The summed E-state index contributed by atoms with van der Waals surface area (Å²) in [4.78, 5) is 17.2. The first-order chi connectivity index (χ1) is 5.22. The molecule has 1 aromatic heterocycles. The van der Waals surface area contributed by atoms with Gasteiger partial charge in [0, 0.05) is 5.69 Å². The second-order valence-electron chi connectivity index (χ2n) is 2.14. The molecule has 1 aromatic rings. The van der Waals surface area contributed by atoms with Crippen LogP contribution in [-0.2, 0) is 0 Å². The largest absolute Gasteiger partial charge is 0.346 e. The number of nitrogens with zero attached hydrogens (tertiary/aromatic N) is 1. The molecule has 0 aliphatic heterocycles. The van der Waals surface area contributed by atoms with E-state index >= 15 is 0 Å². The minimum absolute atomic E-state index is 0.263. The van der Waals surface area contributed by atoms with Gasteiger partial charge in [-0.05, 0) is 18.7 Å². The lowest BCUT2D eigenvalue weighted by Gasteiger charge is -1.96. The summed E-state index contributed by atoms with van der Waals surface area (Å²) in [6.07, 6.45) is 0. The van der Waals surface area contributed by atoms with E-state index in [2.05, 4.69) is 9.97 Å². The molecule has 3 nitrogen and oxygen atoms in total. The van der Waals surface area contributed by atoms with E-state index in [4.69, 9.17) is 0 Å². The quantitative estimate of drug-likeness (QED) is 0.535. The van der Waals surface area contributed by atoms with Crippen LogP contribution in [0.1, 0.15) is 12.6 Å². The SMILES string of the molecule is CCSc1cc(C)[nH]c(=O)n1. The van der Waals surface area contributed by atoms with Crippen LogP contribution in [0.15, 0.2) is 15.9 Å². The number of H-pyrrole nitrogens is 1. The van der Waals surface area contributed by atoms with Gasteiger partial charge < -0.3 is 4.98 Å². The van der Waals surface area contributed by atoms with Crippen LogP contribution < -0.4 is 5.69 Å². The maximum atomic E-state index is 10.8. The van der Waals surface area contributed by atoms with Gasteiger partial charge in [0.25, 0.3) is 0 Å². The Hall–Kier alpha value is -0.770. The summed E-state index contributed by atoms with van der Waals surface area (Å²) in [6, 6.07) is 1.87.